The lowest BCUT2D eigenvalue weighted by Gasteiger charge is -2.11. The SMILES string of the molecule is N[C@H]1CCO[C@@H]1C1CC1. The minimum absolute atomic E-state index is 0.345. The predicted molar refractivity (Wildman–Crippen MR) is 35.1 cm³/mol. The molecule has 0 aromatic heterocycles. The van der Waals surface area contributed by atoms with E-state index in [0.717, 1.165) is 18.9 Å². The Hall–Kier alpha value is -0.0800. The van der Waals surface area contributed by atoms with Crippen molar-refractivity contribution in [2.75, 3.05) is 6.61 Å². The van der Waals surface area contributed by atoms with Crippen LogP contribution in [0, 0.1) is 5.92 Å². The van der Waals surface area contributed by atoms with E-state index in [-0.39, 0.29) is 0 Å². The third-order valence-electron chi connectivity index (χ3n) is 2.27. The molecule has 0 bridgehead atoms. The fourth-order valence-electron chi connectivity index (χ4n) is 1.54. The van der Waals surface area contributed by atoms with E-state index in [1.807, 2.05) is 0 Å². The molecular weight excluding hydrogens is 114 g/mol. The molecule has 2 fully saturated rings. The molecule has 0 spiro atoms. The Morgan fingerprint density at radius 2 is 2.00 bits per heavy atom. The van der Waals surface area contributed by atoms with E-state index in [2.05, 4.69) is 0 Å². The summed E-state index contributed by atoms with van der Waals surface area (Å²) in [6.45, 7) is 0.891. The summed E-state index contributed by atoms with van der Waals surface area (Å²) in [5.74, 6) is 0.822. The monoisotopic (exact) mass is 127 g/mol. The smallest absolute Gasteiger partial charge is 0.0754 e. The van der Waals surface area contributed by atoms with Gasteiger partial charge in [-0.3, -0.25) is 0 Å². The van der Waals surface area contributed by atoms with Crippen molar-refractivity contribution < 1.29 is 4.74 Å². The summed E-state index contributed by atoms with van der Waals surface area (Å²) in [5.41, 5.74) is 5.79. The lowest BCUT2D eigenvalue weighted by atomic mass is 10.1. The van der Waals surface area contributed by atoms with Crippen molar-refractivity contribution in [2.24, 2.45) is 11.7 Å². The molecule has 2 heteroatoms. The number of nitrogens with two attached hydrogens (primary N) is 1. The summed E-state index contributed by atoms with van der Waals surface area (Å²) in [4.78, 5) is 0. The van der Waals surface area contributed by atoms with Crippen molar-refractivity contribution in [1.82, 2.24) is 0 Å². The Morgan fingerprint density at radius 1 is 1.22 bits per heavy atom. The molecule has 0 aromatic rings. The average Bonchev–Trinajstić information content (AvgIpc) is 2.58. The zero-order chi connectivity index (χ0) is 6.27. The summed E-state index contributed by atoms with van der Waals surface area (Å²) < 4.78 is 5.46. The predicted octanol–water partition coefficient (Wildman–Crippen LogP) is 0.513. The van der Waals surface area contributed by atoms with Crippen molar-refractivity contribution in [2.45, 2.75) is 31.4 Å². The second kappa shape index (κ2) is 1.96. The van der Waals surface area contributed by atoms with E-state index in [0.29, 0.717) is 12.1 Å². The minimum Gasteiger partial charge on any atom is -0.376 e. The van der Waals surface area contributed by atoms with E-state index in [9.17, 15) is 0 Å². The van der Waals surface area contributed by atoms with Crippen LogP contribution >= 0.6 is 0 Å². The third-order valence-corrected chi connectivity index (χ3v) is 2.27. The van der Waals surface area contributed by atoms with Gasteiger partial charge in [0.05, 0.1) is 6.10 Å². The van der Waals surface area contributed by atoms with Crippen LogP contribution in [0.25, 0.3) is 0 Å². The summed E-state index contributed by atoms with van der Waals surface area (Å²) >= 11 is 0. The second-order valence-electron chi connectivity index (χ2n) is 3.13. The zero-order valence-electron chi connectivity index (χ0n) is 5.55. The Balaban J connectivity index is 1.93. The van der Waals surface area contributed by atoms with E-state index >= 15 is 0 Å². The number of rotatable bonds is 1. The van der Waals surface area contributed by atoms with Gasteiger partial charge in [0, 0.05) is 12.6 Å². The first-order valence-electron chi connectivity index (χ1n) is 3.75. The second-order valence-corrected chi connectivity index (χ2v) is 3.13. The molecule has 1 aliphatic heterocycles. The normalized spacial score (nSPS) is 43.7. The standard InChI is InChI=1S/C7H13NO/c8-6-3-4-9-7(6)5-1-2-5/h5-7H,1-4,8H2/t6-,7+/m0/s1. The van der Waals surface area contributed by atoms with Crippen LogP contribution in [0.3, 0.4) is 0 Å². The molecule has 2 N–H and O–H groups in total. The van der Waals surface area contributed by atoms with Gasteiger partial charge in [0.25, 0.3) is 0 Å². The quantitative estimate of drug-likeness (QED) is 0.557. The highest BCUT2D eigenvalue weighted by molar-refractivity contribution is 4.91. The highest BCUT2D eigenvalue weighted by atomic mass is 16.5. The van der Waals surface area contributed by atoms with Gasteiger partial charge < -0.3 is 10.5 Å². The van der Waals surface area contributed by atoms with Crippen molar-refractivity contribution in [3.8, 4) is 0 Å². The summed E-state index contributed by atoms with van der Waals surface area (Å²) in [5, 5.41) is 0. The van der Waals surface area contributed by atoms with E-state index in [1.54, 1.807) is 0 Å². The van der Waals surface area contributed by atoms with Gasteiger partial charge in [-0.1, -0.05) is 0 Å². The Bertz CT molecular complexity index is 111. The average molecular weight is 127 g/mol. The van der Waals surface area contributed by atoms with E-state index in [1.165, 1.54) is 12.8 Å². The molecule has 1 saturated carbocycles. The molecule has 1 heterocycles. The fourth-order valence-corrected chi connectivity index (χ4v) is 1.54. The molecule has 2 aliphatic rings. The summed E-state index contributed by atoms with van der Waals surface area (Å²) in [6, 6.07) is 0.345. The zero-order valence-corrected chi connectivity index (χ0v) is 5.55. The van der Waals surface area contributed by atoms with Gasteiger partial charge in [0.1, 0.15) is 0 Å². The molecule has 2 atom stereocenters. The molecule has 1 saturated heterocycles. The molecule has 52 valence electrons. The first-order chi connectivity index (χ1) is 4.38. The van der Waals surface area contributed by atoms with Crippen molar-refractivity contribution in [1.29, 1.82) is 0 Å². The fraction of sp³-hybridized carbons (Fsp3) is 1.00. The van der Waals surface area contributed by atoms with Crippen LogP contribution in [0.1, 0.15) is 19.3 Å². The maximum atomic E-state index is 5.79. The van der Waals surface area contributed by atoms with E-state index < -0.39 is 0 Å². The van der Waals surface area contributed by atoms with Crippen molar-refractivity contribution >= 4 is 0 Å². The van der Waals surface area contributed by atoms with Gasteiger partial charge in [-0.05, 0) is 25.2 Å². The Kier molecular flexibility index (Phi) is 1.24. The van der Waals surface area contributed by atoms with Gasteiger partial charge in [-0.15, -0.1) is 0 Å². The van der Waals surface area contributed by atoms with Crippen LogP contribution in [0.15, 0.2) is 0 Å². The van der Waals surface area contributed by atoms with Crippen LogP contribution in [-0.4, -0.2) is 18.8 Å². The number of ether oxygens (including phenoxy) is 1. The molecule has 2 nitrogen and oxygen atoms in total. The first-order valence-corrected chi connectivity index (χ1v) is 3.75. The van der Waals surface area contributed by atoms with Crippen molar-refractivity contribution in [3.63, 3.8) is 0 Å². The molecular formula is C7H13NO. The highest BCUT2D eigenvalue weighted by Gasteiger charge is 2.38. The van der Waals surface area contributed by atoms with Gasteiger partial charge in [-0.25, -0.2) is 0 Å². The van der Waals surface area contributed by atoms with Crippen LogP contribution in [0.5, 0.6) is 0 Å². The van der Waals surface area contributed by atoms with E-state index in [4.69, 9.17) is 10.5 Å². The lowest BCUT2D eigenvalue weighted by molar-refractivity contribution is 0.0872. The first kappa shape index (κ1) is 5.69. The summed E-state index contributed by atoms with van der Waals surface area (Å²) in [6.07, 6.45) is 4.18. The van der Waals surface area contributed by atoms with Gasteiger partial charge in [0.2, 0.25) is 0 Å². The van der Waals surface area contributed by atoms with Gasteiger partial charge in [0.15, 0.2) is 0 Å². The maximum Gasteiger partial charge on any atom is 0.0754 e. The molecule has 0 aromatic carbocycles. The van der Waals surface area contributed by atoms with Gasteiger partial charge >= 0.3 is 0 Å². The largest absolute Gasteiger partial charge is 0.376 e. The van der Waals surface area contributed by atoms with Crippen molar-refractivity contribution in [3.05, 3.63) is 0 Å². The number of hydrogen-bond acceptors (Lipinski definition) is 2. The topological polar surface area (TPSA) is 35.2 Å². The minimum atomic E-state index is 0.345. The molecule has 0 radical (unpaired) electrons. The molecule has 0 amide bonds. The van der Waals surface area contributed by atoms with Gasteiger partial charge in [-0.2, -0.15) is 0 Å². The van der Waals surface area contributed by atoms with Crippen LogP contribution in [0.4, 0.5) is 0 Å². The third kappa shape index (κ3) is 0.970. The van der Waals surface area contributed by atoms with Crippen LogP contribution < -0.4 is 5.73 Å². The molecule has 9 heavy (non-hydrogen) atoms. The number of hydrogen-bond donors (Lipinski definition) is 1. The molecule has 0 unspecified atom stereocenters. The lowest BCUT2D eigenvalue weighted by Crippen LogP contribution is -2.31. The maximum absolute atomic E-state index is 5.79. The summed E-state index contributed by atoms with van der Waals surface area (Å²) in [7, 11) is 0. The molecule has 1 aliphatic carbocycles. The van der Waals surface area contributed by atoms with Crippen LogP contribution in [0.2, 0.25) is 0 Å². The van der Waals surface area contributed by atoms with Crippen LogP contribution in [-0.2, 0) is 4.74 Å². The highest BCUT2D eigenvalue weighted by Crippen LogP contribution is 2.37. The Labute approximate surface area is 55.4 Å². The Morgan fingerprint density at radius 3 is 2.44 bits per heavy atom. The molecule has 2 rings (SSSR count).